The second kappa shape index (κ2) is 9.66. The van der Waals surface area contributed by atoms with Crippen LogP contribution in [0.4, 0.5) is 35.2 Å². The Morgan fingerprint density at radius 3 is 2.27 bits per heavy atom. The van der Waals surface area contributed by atoms with Gasteiger partial charge in [0.1, 0.15) is 0 Å². The monoisotopic (exact) mass is 475 g/mol. The molecule has 0 atom stereocenters. The van der Waals surface area contributed by atoms with Gasteiger partial charge < -0.3 is 15.5 Å². The highest BCUT2D eigenvalue weighted by molar-refractivity contribution is 6.33. The Bertz CT molecular complexity index is 1110. The minimum absolute atomic E-state index is 0.0000671. The van der Waals surface area contributed by atoms with Crippen LogP contribution in [0.1, 0.15) is 24.8 Å². The zero-order valence-corrected chi connectivity index (χ0v) is 18.2. The second-order valence-corrected chi connectivity index (χ2v) is 8.08. The molecule has 0 bridgehead atoms. The molecule has 0 aliphatic carbocycles. The first kappa shape index (κ1) is 22.8. The fourth-order valence-corrected chi connectivity index (χ4v) is 3.74. The number of anilines is 3. The van der Waals surface area contributed by atoms with Crippen molar-refractivity contribution in [2.75, 3.05) is 28.6 Å². The van der Waals surface area contributed by atoms with E-state index in [9.17, 15) is 18.0 Å². The standard InChI is InChI=1S/C23H21ClF3N5O/c24-18-9-6-16(23(25,26)27)14-20(18)29-22(33)28-17-7-4-15(5-8-17)19-10-11-21(31-30-19)32-12-2-1-3-13-32/h4-11,14H,1-3,12-13H2,(H2,28,29,33). The zero-order valence-electron chi connectivity index (χ0n) is 17.5. The Hall–Kier alpha value is -3.33. The number of benzene rings is 2. The van der Waals surface area contributed by atoms with E-state index in [1.807, 2.05) is 12.1 Å². The van der Waals surface area contributed by atoms with Gasteiger partial charge in [0.2, 0.25) is 0 Å². The first-order valence-electron chi connectivity index (χ1n) is 10.4. The fraction of sp³-hybridized carbons (Fsp3) is 0.261. The van der Waals surface area contributed by atoms with Gasteiger partial charge in [-0.05, 0) is 61.7 Å². The van der Waals surface area contributed by atoms with E-state index in [0.717, 1.165) is 55.5 Å². The van der Waals surface area contributed by atoms with Gasteiger partial charge in [0, 0.05) is 24.3 Å². The summed E-state index contributed by atoms with van der Waals surface area (Å²) in [5.41, 5.74) is 0.933. The molecule has 2 amide bonds. The maximum Gasteiger partial charge on any atom is 0.416 e. The molecule has 10 heteroatoms. The number of aromatic nitrogens is 2. The van der Waals surface area contributed by atoms with E-state index < -0.39 is 17.8 Å². The molecule has 33 heavy (non-hydrogen) atoms. The van der Waals surface area contributed by atoms with E-state index in [0.29, 0.717) is 11.4 Å². The van der Waals surface area contributed by atoms with E-state index >= 15 is 0 Å². The van der Waals surface area contributed by atoms with Gasteiger partial charge in [0.15, 0.2) is 5.82 Å². The summed E-state index contributed by atoms with van der Waals surface area (Å²) in [5.74, 6) is 0.863. The average molecular weight is 476 g/mol. The Labute approximate surface area is 193 Å². The fourth-order valence-electron chi connectivity index (χ4n) is 3.58. The molecule has 1 aliphatic rings. The van der Waals surface area contributed by atoms with Crippen molar-refractivity contribution in [3.05, 3.63) is 65.2 Å². The maximum absolute atomic E-state index is 12.9. The molecule has 172 valence electrons. The Balaban J connectivity index is 1.39. The molecule has 1 saturated heterocycles. The normalized spacial score (nSPS) is 14.1. The van der Waals surface area contributed by atoms with Crippen molar-refractivity contribution >= 4 is 34.8 Å². The summed E-state index contributed by atoms with van der Waals surface area (Å²) in [4.78, 5) is 14.5. The van der Waals surface area contributed by atoms with Crippen molar-refractivity contribution in [1.82, 2.24) is 10.2 Å². The van der Waals surface area contributed by atoms with Gasteiger partial charge >= 0.3 is 12.2 Å². The van der Waals surface area contributed by atoms with E-state index in [1.165, 1.54) is 6.42 Å². The first-order valence-corrected chi connectivity index (χ1v) is 10.8. The number of rotatable bonds is 4. The topological polar surface area (TPSA) is 70.2 Å². The number of halogens is 4. The van der Waals surface area contributed by atoms with Crippen LogP contribution in [-0.2, 0) is 6.18 Å². The number of carbonyl (C=O) groups is 1. The van der Waals surface area contributed by atoms with Crippen LogP contribution in [0.25, 0.3) is 11.3 Å². The van der Waals surface area contributed by atoms with Crippen LogP contribution in [0.5, 0.6) is 0 Å². The van der Waals surface area contributed by atoms with Gasteiger partial charge in [-0.2, -0.15) is 13.2 Å². The molecule has 1 fully saturated rings. The molecule has 0 spiro atoms. The summed E-state index contributed by atoms with van der Waals surface area (Å²) in [7, 11) is 0. The van der Waals surface area contributed by atoms with E-state index in [4.69, 9.17) is 11.6 Å². The molecule has 1 aliphatic heterocycles. The third-order valence-electron chi connectivity index (χ3n) is 5.31. The number of alkyl halides is 3. The highest BCUT2D eigenvalue weighted by Gasteiger charge is 2.31. The number of nitrogens with zero attached hydrogens (tertiary/aromatic N) is 3. The molecule has 2 aromatic carbocycles. The van der Waals surface area contributed by atoms with Crippen LogP contribution < -0.4 is 15.5 Å². The van der Waals surface area contributed by atoms with Crippen LogP contribution in [0.3, 0.4) is 0 Å². The zero-order chi connectivity index (χ0) is 23.4. The van der Waals surface area contributed by atoms with Gasteiger partial charge in [-0.25, -0.2) is 4.79 Å². The lowest BCUT2D eigenvalue weighted by molar-refractivity contribution is -0.137. The SMILES string of the molecule is O=C(Nc1ccc(-c2ccc(N3CCCCC3)nn2)cc1)Nc1cc(C(F)(F)F)ccc1Cl. The predicted molar refractivity (Wildman–Crippen MR) is 123 cm³/mol. The summed E-state index contributed by atoms with van der Waals surface area (Å²) in [6.07, 6.45) is -0.980. The van der Waals surface area contributed by atoms with Crippen LogP contribution in [0.15, 0.2) is 54.6 Å². The van der Waals surface area contributed by atoms with Crippen LogP contribution in [0.2, 0.25) is 5.02 Å². The molecule has 0 radical (unpaired) electrons. The molecule has 2 heterocycles. The van der Waals surface area contributed by atoms with Gasteiger partial charge in [-0.3, -0.25) is 0 Å². The minimum Gasteiger partial charge on any atom is -0.355 e. The third kappa shape index (κ3) is 5.73. The van der Waals surface area contributed by atoms with Crippen molar-refractivity contribution in [2.45, 2.75) is 25.4 Å². The van der Waals surface area contributed by atoms with Crippen molar-refractivity contribution in [2.24, 2.45) is 0 Å². The van der Waals surface area contributed by atoms with Crippen molar-refractivity contribution < 1.29 is 18.0 Å². The number of amides is 2. The Kier molecular flexibility index (Phi) is 6.69. The number of urea groups is 1. The molecule has 3 aromatic rings. The minimum atomic E-state index is -4.54. The van der Waals surface area contributed by atoms with Gasteiger partial charge in [-0.15, -0.1) is 10.2 Å². The van der Waals surface area contributed by atoms with Crippen LogP contribution in [-0.4, -0.2) is 29.3 Å². The van der Waals surface area contributed by atoms with Crippen molar-refractivity contribution in [3.63, 3.8) is 0 Å². The molecule has 2 N–H and O–H groups in total. The Morgan fingerprint density at radius 1 is 0.909 bits per heavy atom. The van der Waals surface area contributed by atoms with E-state index in [1.54, 1.807) is 24.3 Å². The number of hydrogen-bond donors (Lipinski definition) is 2. The lowest BCUT2D eigenvalue weighted by atomic mass is 10.1. The molecular formula is C23H21ClF3N5O. The smallest absolute Gasteiger partial charge is 0.355 e. The average Bonchev–Trinajstić information content (AvgIpc) is 2.81. The van der Waals surface area contributed by atoms with Gasteiger partial charge in [-0.1, -0.05) is 23.7 Å². The summed E-state index contributed by atoms with van der Waals surface area (Å²) in [6.45, 7) is 1.98. The Morgan fingerprint density at radius 2 is 1.64 bits per heavy atom. The summed E-state index contributed by atoms with van der Waals surface area (Å²) in [6, 6.07) is 12.8. The van der Waals surface area contributed by atoms with Crippen molar-refractivity contribution in [1.29, 1.82) is 0 Å². The lowest BCUT2D eigenvalue weighted by Crippen LogP contribution is -2.30. The molecule has 1 aromatic heterocycles. The first-order chi connectivity index (χ1) is 15.8. The maximum atomic E-state index is 12.9. The van der Waals surface area contributed by atoms with E-state index in [2.05, 4.69) is 25.7 Å². The van der Waals surface area contributed by atoms with Gasteiger partial charge in [0.05, 0.1) is 22.0 Å². The van der Waals surface area contributed by atoms with Crippen LogP contribution in [0, 0.1) is 0 Å². The summed E-state index contributed by atoms with van der Waals surface area (Å²) < 4.78 is 38.7. The molecule has 6 nitrogen and oxygen atoms in total. The molecule has 4 rings (SSSR count). The third-order valence-corrected chi connectivity index (χ3v) is 5.64. The van der Waals surface area contributed by atoms with Crippen LogP contribution >= 0.6 is 11.6 Å². The second-order valence-electron chi connectivity index (χ2n) is 7.67. The van der Waals surface area contributed by atoms with Gasteiger partial charge in [0.25, 0.3) is 0 Å². The molecule has 0 unspecified atom stereocenters. The highest BCUT2D eigenvalue weighted by Crippen LogP contribution is 2.34. The predicted octanol–water partition coefficient (Wildman–Crippen LogP) is 6.45. The summed E-state index contributed by atoms with van der Waals surface area (Å²) >= 11 is 5.92. The molecule has 0 saturated carbocycles. The number of carbonyl (C=O) groups excluding carboxylic acids is 1. The molecular weight excluding hydrogens is 455 g/mol. The largest absolute Gasteiger partial charge is 0.416 e. The number of nitrogens with one attached hydrogen (secondary N) is 2. The van der Waals surface area contributed by atoms with E-state index in [-0.39, 0.29) is 10.7 Å². The van der Waals surface area contributed by atoms with Crippen molar-refractivity contribution in [3.8, 4) is 11.3 Å². The summed E-state index contributed by atoms with van der Waals surface area (Å²) in [5, 5.41) is 13.6. The number of piperidine rings is 1. The lowest BCUT2D eigenvalue weighted by Gasteiger charge is -2.27. The highest BCUT2D eigenvalue weighted by atomic mass is 35.5. The quantitative estimate of drug-likeness (QED) is 0.455. The number of hydrogen-bond acceptors (Lipinski definition) is 4.